The van der Waals surface area contributed by atoms with Gasteiger partial charge in [0.25, 0.3) is 0 Å². The van der Waals surface area contributed by atoms with E-state index in [4.69, 9.17) is 0 Å². The minimum absolute atomic E-state index is 0.0799. The zero-order valence-electron chi connectivity index (χ0n) is 9.59. The van der Waals surface area contributed by atoms with Gasteiger partial charge in [-0.15, -0.1) is 6.58 Å². The van der Waals surface area contributed by atoms with Gasteiger partial charge in [-0.25, -0.2) is 0 Å². The lowest BCUT2D eigenvalue weighted by Crippen LogP contribution is -2.14. The number of allylic oxidation sites excluding steroid dienone is 3. The third-order valence-electron chi connectivity index (χ3n) is 3.27. The molecule has 1 aromatic carbocycles. The normalized spacial score (nSPS) is 15.5. The Kier molecular flexibility index (Phi) is 2.52. The molecule has 0 atom stereocenters. The van der Waals surface area contributed by atoms with E-state index >= 15 is 0 Å². The molecule has 1 aliphatic rings. The Morgan fingerprint density at radius 3 is 2.73 bits per heavy atom. The van der Waals surface area contributed by atoms with E-state index in [0.29, 0.717) is 0 Å². The van der Waals surface area contributed by atoms with Gasteiger partial charge in [0.05, 0.1) is 0 Å². The summed E-state index contributed by atoms with van der Waals surface area (Å²) in [7, 11) is 0. The van der Waals surface area contributed by atoms with Gasteiger partial charge in [0, 0.05) is 5.41 Å². The quantitative estimate of drug-likeness (QED) is 0.624. The molecule has 0 amide bonds. The largest absolute Gasteiger partial charge is 0.102 e. The minimum Gasteiger partial charge on any atom is -0.102 e. The van der Waals surface area contributed by atoms with Crippen LogP contribution < -0.4 is 0 Å². The fraction of sp³-hybridized carbons (Fsp3) is 0.333. The van der Waals surface area contributed by atoms with Crippen LogP contribution >= 0.6 is 0 Å². The first-order chi connectivity index (χ1) is 7.15. The van der Waals surface area contributed by atoms with Gasteiger partial charge in [-0.3, -0.25) is 0 Å². The molecule has 0 N–H and O–H groups in total. The molecule has 0 saturated heterocycles. The van der Waals surface area contributed by atoms with Crippen LogP contribution in [0.15, 0.2) is 43.0 Å². The van der Waals surface area contributed by atoms with Gasteiger partial charge in [0.1, 0.15) is 0 Å². The number of hydrogen-bond acceptors (Lipinski definition) is 0. The summed E-state index contributed by atoms with van der Waals surface area (Å²) in [4.78, 5) is 0. The van der Waals surface area contributed by atoms with Crippen LogP contribution in [0.1, 0.15) is 31.4 Å². The third kappa shape index (κ3) is 1.77. The maximum Gasteiger partial charge on any atom is 0.00755 e. The van der Waals surface area contributed by atoms with Crippen molar-refractivity contribution in [1.29, 1.82) is 0 Å². The van der Waals surface area contributed by atoms with Crippen LogP contribution in [0.2, 0.25) is 0 Å². The van der Waals surface area contributed by atoms with Crippen LogP contribution in [0.25, 0.3) is 5.57 Å². The fourth-order valence-corrected chi connectivity index (χ4v) is 2.20. The zero-order chi connectivity index (χ0) is 10.9. The Balaban J connectivity index is 2.52. The molecule has 0 aliphatic heterocycles. The highest BCUT2D eigenvalue weighted by Crippen LogP contribution is 2.39. The lowest BCUT2D eigenvalue weighted by atomic mass is 9.75. The molecule has 0 fully saturated rings. The summed E-state index contributed by atoms with van der Waals surface area (Å²) in [6.07, 6.45) is 6.74. The zero-order valence-corrected chi connectivity index (χ0v) is 9.59. The van der Waals surface area contributed by atoms with Crippen LogP contribution in [-0.4, -0.2) is 0 Å². The standard InChI is InChI=1S/C15H18/c1-4-15(2,3)14-11-7-9-12-8-5-6-10-13(12)14/h4-6,8,10-11H,1,7,9H2,2-3H3. The van der Waals surface area contributed by atoms with Crippen molar-refractivity contribution in [3.8, 4) is 0 Å². The Hall–Kier alpha value is -1.30. The number of fused-ring (bicyclic) bond motifs is 1. The maximum atomic E-state index is 3.94. The molecule has 0 aromatic heterocycles. The summed E-state index contributed by atoms with van der Waals surface area (Å²) in [5.74, 6) is 0. The lowest BCUT2D eigenvalue weighted by molar-refractivity contribution is 0.644. The molecule has 0 bridgehead atoms. The van der Waals surface area contributed by atoms with Crippen LogP contribution in [0.3, 0.4) is 0 Å². The van der Waals surface area contributed by atoms with E-state index in [1.807, 2.05) is 6.08 Å². The van der Waals surface area contributed by atoms with Crippen LogP contribution in [0, 0.1) is 5.41 Å². The second-order valence-electron chi connectivity index (χ2n) is 4.74. The first kappa shape index (κ1) is 10.2. The van der Waals surface area contributed by atoms with Crippen molar-refractivity contribution in [2.75, 3.05) is 0 Å². The van der Waals surface area contributed by atoms with E-state index in [9.17, 15) is 0 Å². The molecular formula is C15H18. The molecule has 0 heterocycles. The molecule has 2 rings (SSSR count). The van der Waals surface area contributed by atoms with E-state index in [1.165, 1.54) is 23.1 Å². The number of rotatable bonds is 2. The van der Waals surface area contributed by atoms with E-state index in [-0.39, 0.29) is 5.41 Å². The molecule has 0 saturated carbocycles. The van der Waals surface area contributed by atoms with Crippen molar-refractivity contribution in [2.24, 2.45) is 5.41 Å². The topological polar surface area (TPSA) is 0 Å². The SMILES string of the molecule is C=CC(C)(C)C1=CCCc2ccccc21. The molecule has 1 aromatic rings. The summed E-state index contributed by atoms with van der Waals surface area (Å²) in [5, 5.41) is 0. The van der Waals surface area contributed by atoms with Gasteiger partial charge in [-0.05, 0) is 29.5 Å². The highest BCUT2D eigenvalue weighted by Gasteiger charge is 2.24. The molecule has 15 heavy (non-hydrogen) atoms. The van der Waals surface area contributed by atoms with Crippen LogP contribution in [0.4, 0.5) is 0 Å². The first-order valence-corrected chi connectivity index (χ1v) is 5.57. The van der Waals surface area contributed by atoms with Gasteiger partial charge in [-0.2, -0.15) is 0 Å². The molecule has 78 valence electrons. The summed E-state index contributed by atoms with van der Waals surface area (Å²) in [6, 6.07) is 8.72. The Morgan fingerprint density at radius 2 is 2.00 bits per heavy atom. The number of hydrogen-bond donors (Lipinski definition) is 0. The van der Waals surface area contributed by atoms with E-state index in [0.717, 1.165) is 6.42 Å². The number of benzene rings is 1. The van der Waals surface area contributed by atoms with Crippen molar-refractivity contribution in [1.82, 2.24) is 0 Å². The Labute approximate surface area is 92.3 Å². The molecule has 1 aliphatic carbocycles. The van der Waals surface area contributed by atoms with Crippen molar-refractivity contribution < 1.29 is 0 Å². The highest BCUT2D eigenvalue weighted by atomic mass is 14.3. The van der Waals surface area contributed by atoms with Gasteiger partial charge in [0.15, 0.2) is 0 Å². The molecule has 0 heteroatoms. The first-order valence-electron chi connectivity index (χ1n) is 5.57. The smallest absolute Gasteiger partial charge is 0.00755 e. The predicted octanol–water partition coefficient (Wildman–Crippen LogP) is 4.23. The Bertz CT molecular complexity index is 408. The van der Waals surface area contributed by atoms with E-state index < -0.39 is 0 Å². The van der Waals surface area contributed by atoms with Gasteiger partial charge in [-0.1, -0.05) is 50.3 Å². The molecule has 0 unspecified atom stereocenters. The minimum atomic E-state index is 0.0799. The second-order valence-corrected chi connectivity index (χ2v) is 4.74. The van der Waals surface area contributed by atoms with Crippen molar-refractivity contribution in [3.63, 3.8) is 0 Å². The maximum absolute atomic E-state index is 3.94. The lowest BCUT2D eigenvalue weighted by Gasteiger charge is -2.29. The van der Waals surface area contributed by atoms with E-state index in [2.05, 4.69) is 50.8 Å². The fourth-order valence-electron chi connectivity index (χ4n) is 2.20. The van der Waals surface area contributed by atoms with Crippen LogP contribution in [-0.2, 0) is 6.42 Å². The summed E-state index contributed by atoms with van der Waals surface area (Å²) in [6.45, 7) is 8.40. The molecule has 0 nitrogen and oxygen atoms in total. The molecule has 0 spiro atoms. The second kappa shape index (κ2) is 3.69. The van der Waals surface area contributed by atoms with Gasteiger partial charge < -0.3 is 0 Å². The molecular weight excluding hydrogens is 180 g/mol. The van der Waals surface area contributed by atoms with Gasteiger partial charge in [0.2, 0.25) is 0 Å². The third-order valence-corrected chi connectivity index (χ3v) is 3.27. The van der Waals surface area contributed by atoms with E-state index in [1.54, 1.807) is 0 Å². The summed E-state index contributed by atoms with van der Waals surface area (Å²) >= 11 is 0. The van der Waals surface area contributed by atoms with Gasteiger partial charge >= 0.3 is 0 Å². The molecule has 0 radical (unpaired) electrons. The van der Waals surface area contributed by atoms with Crippen molar-refractivity contribution in [3.05, 3.63) is 54.1 Å². The van der Waals surface area contributed by atoms with Crippen LogP contribution in [0.5, 0.6) is 0 Å². The average molecular weight is 198 g/mol. The van der Waals surface area contributed by atoms with Crippen molar-refractivity contribution in [2.45, 2.75) is 26.7 Å². The summed E-state index contributed by atoms with van der Waals surface area (Å²) in [5.41, 5.74) is 4.40. The number of aryl methyl sites for hydroxylation is 1. The Morgan fingerprint density at radius 1 is 1.27 bits per heavy atom. The summed E-state index contributed by atoms with van der Waals surface area (Å²) < 4.78 is 0. The predicted molar refractivity (Wildman–Crippen MR) is 66.7 cm³/mol. The monoisotopic (exact) mass is 198 g/mol. The van der Waals surface area contributed by atoms with Crippen molar-refractivity contribution >= 4 is 5.57 Å². The highest BCUT2D eigenvalue weighted by molar-refractivity contribution is 5.75. The average Bonchev–Trinajstić information content (AvgIpc) is 2.28.